The van der Waals surface area contributed by atoms with Crippen molar-refractivity contribution in [3.05, 3.63) is 12.7 Å². The molecule has 104 valence electrons. The fraction of sp³-hybridized carbons (Fsp3) is 0.750. The van der Waals surface area contributed by atoms with Gasteiger partial charge in [-0.05, 0) is 20.3 Å². The molecule has 0 bridgehead atoms. The maximum Gasteiger partial charge on any atom is 0.225 e. The van der Waals surface area contributed by atoms with Crippen molar-refractivity contribution in [2.75, 3.05) is 18.5 Å². The minimum Gasteiger partial charge on any atom is -0.373 e. The fourth-order valence-corrected chi connectivity index (χ4v) is 2.53. The van der Waals surface area contributed by atoms with E-state index in [0.717, 1.165) is 6.42 Å². The Hall–Kier alpha value is -1.31. The van der Waals surface area contributed by atoms with Crippen LogP contribution in [0.2, 0.25) is 0 Å². The molecule has 2 fully saturated rings. The highest BCUT2D eigenvalue weighted by Gasteiger charge is 2.47. The molecule has 1 N–H and O–H groups in total. The van der Waals surface area contributed by atoms with Gasteiger partial charge in [0.1, 0.15) is 24.9 Å². The normalized spacial score (nSPS) is 32.8. The monoisotopic (exact) mass is 266 g/mol. The summed E-state index contributed by atoms with van der Waals surface area (Å²) in [5.74, 6) is 0.00736. The molecular weight excluding hydrogens is 248 g/mol. The molecule has 0 amide bonds. The van der Waals surface area contributed by atoms with Crippen LogP contribution in [-0.2, 0) is 14.2 Å². The Kier molecular flexibility index (Phi) is 3.34. The minimum absolute atomic E-state index is 0.0434. The second kappa shape index (κ2) is 4.99. The van der Waals surface area contributed by atoms with Crippen LogP contribution >= 0.6 is 0 Å². The van der Waals surface area contributed by atoms with Crippen molar-refractivity contribution >= 4 is 5.95 Å². The Morgan fingerprint density at radius 2 is 2.11 bits per heavy atom. The SMILES string of the molecule is CC1(C)OC2CCOC(CNc3ncncn3)C2O1. The van der Waals surface area contributed by atoms with Gasteiger partial charge in [0.05, 0.1) is 6.10 Å². The van der Waals surface area contributed by atoms with Crippen molar-refractivity contribution in [1.29, 1.82) is 0 Å². The van der Waals surface area contributed by atoms with Crippen LogP contribution < -0.4 is 5.32 Å². The summed E-state index contributed by atoms with van der Waals surface area (Å²) < 4.78 is 17.5. The highest BCUT2D eigenvalue weighted by molar-refractivity contribution is 5.21. The van der Waals surface area contributed by atoms with Gasteiger partial charge < -0.3 is 19.5 Å². The third-order valence-electron chi connectivity index (χ3n) is 3.28. The van der Waals surface area contributed by atoms with Crippen LogP contribution in [0, 0.1) is 0 Å². The molecule has 2 saturated heterocycles. The molecule has 3 unspecified atom stereocenters. The first-order valence-corrected chi connectivity index (χ1v) is 6.47. The van der Waals surface area contributed by atoms with Crippen LogP contribution in [-0.4, -0.2) is 52.2 Å². The first-order valence-electron chi connectivity index (χ1n) is 6.47. The molecule has 1 aromatic heterocycles. The molecule has 1 aromatic rings. The van der Waals surface area contributed by atoms with Crippen LogP contribution in [0.15, 0.2) is 12.7 Å². The maximum atomic E-state index is 5.91. The third kappa shape index (κ3) is 2.83. The van der Waals surface area contributed by atoms with Crippen molar-refractivity contribution in [1.82, 2.24) is 15.0 Å². The summed E-state index contributed by atoms with van der Waals surface area (Å²) in [6, 6.07) is 0. The van der Waals surface area contributed by atoms with E-state index < -0.39 is 5.79 Å². The van der Waals surface area contributed by atoms with Gasteiger partial charge in [-0.15, -0.1) is 0 Å². The second-order valence-electron chi connectivity index (χ2n) is 5.18. The van der Waals surface area contributed by atoms with Gasteiger partial charge in [0.2, 0.25) is 5.95 Å². The first kappa shape index (κ1) is 12.7. The van der Waals surface area contributed by atoms with Gasteiger partial charge in [0.15, 0.2) is 5.79 Å². The summed E-state index contributed by atoms with van der Waals surface area (Å²) in [7, 11) is 0. The largest absolute Gasteiger partial charge is 0.373 e. The van der Waals surface area contributed by atoms with Crippen LogP contribution in [0.25, 0.3) is 0 Å². The lowest BCUT2D eigenvalue weighted by atomic mass is 10.0. The number of hydrogen-bond donors (Lipinski definition) is 1. The Bertz CT molecular complexity index is 428. The highest BCUT2D eigenvalue weighted by atomic mass is 16.8. The molecule has 2 aliphatic heterocycles. The molecule has 0 radical (unpaired) electrons. The Morgan fingerprint density at radius 3 is 2.89 bits per heavy atom. The molecule has 0 aliphatic carbocycles. The molecular formula is C12H18N4O3. The van der Waals surface area contributed by atoms with Gasteiger partial charge in [-0.2, -0.15) is 0 Å². The predicted molar refractivity (Wildman–Crippen MR) is 66.5 cm³/mol. The summed E-state index contributed by atoms with van der Waals surface area (Å²) in [5, 5.41) is 3.13. The zero-order valence-corrected chi connectivity index (χ0v) is 11.1. The molecule has 3 atom stereocenters. The van der Waals surface area contributed by atoms with Crippen molar-refractivity contribution < 1.29 is 14.2 Å². The van der Waals surface area contributed by atoms with E-state index in [4.69, 9.17) is 14.2 Å². The number of nitrogens with one attached hydrogen (secondary N) is 1. The molecule has 19 heavy (non-hydrogen) atoms. The lowest BCUT2D eigenvalue weighted by Crippen LogP contribution is -2.46. The Balaban J connectivity index is 1.61. The number of rotatable bonds is 3. The van der Waals surface area contributed by atoms with E-state index in [1.165, 1.54) is 12.7 Å². The molecule has 0 aromatic carbocycles. The molecule has 7 heteroatoms. The number of fused-ring (bicyclic) bond motifs is 1. The van der Waals surface area contributed by atoms with Gasteiger partial charge in [0.25, 0.3) is 0 Å². The minimum atomic E-state index is -0.533. The summed E-state index contributed by atoms with van der Waals surface area (Å²) in [5.41, 5.74) is 0. The van der Waals surface area contributed by atoms with Gasteiger partial charge >= 0.3 is 0 Å². The number of nitrogens with zero attached hydrogens (tertiary/aromatic N) is 3. The second-order valence-corrected chi connectivity index (χ2v) is 5.18. The number of hydrogen-bond acceptors (Lipinski definition) is 7. The van der Waals surface area contributed by atoms with E-state index in [-0.39, 0.29) is 18.3 Å². The molecule has 0 saturated carbocycles. The van der Waals surface area contributed by atoms with E-state index >= 15 is 0 Å². The predicted octanol–water partition coefficient (Wildman–Crippen LogP) is 0.592. The Morgan fingerprint density at radius 1 is 1.32 bits per heavy atom. The maximum absolute atomic E-state index is 5.91. The van der Waals surface area contributed by atoms with E-state index in [1.807, 2.05) is 13.8 Å². The first-order chi connectivity index (χ1) is 9.14. The molecule has 3 rings (SSSR count). The molecule has 3 heterocycles. The fourth-order valence-electron chi connectivity index (χ4n) is 2.53. The number of anilines is 1. The van der Waals surface area contributed by atoms with Crippen LogP contribution in [0.4, 0.5) is 5.95 Å². The van der Waals surface area contributed by atoms with Crippen LogP contribution in [0.1, 0.15) is 20.3 Å². The average molecular weight is 266 g/mol. The standard InChI is InChI=1S/C12H18N4O3/c1-12(2)18-8-3-4-17-9(10(8)19-12)5-14-11-15-6-13-7-16-11/h6-10H,3-5H2,1-2H3,(H,13,14,15,16). The average Bonchev–Trinajstić information content (AvgIpc) is 2.72. The van der Waals surface area contributed by atoms with Gasteiger partial charge in [-0.3, -0.25) is 0 Å². The zero-order valence-electron chi connectivity index (χ0n) is 11.1. The topological polar surface area (TPSA) is 78.4 Å². The van der Waals surface area contributed by atoms with Gasteiger partial charge in [-0.25, -0.2) is 15.0 Å². The van der Waals surface area contributed by atoms with E-state index in [2.05, 4.69) is 20.3 Å². The van der Waals surface area contributed by atoms with Crippen molar-refractivity contribution in [3.8, 4) is 0 Å². The molecule has 7 nitrogen and oxygen atoms in total. The quantitative estimate of drug-likeness (QED) is 0.857. The number of ether oxygens (including phenoxy) is 3. The summed E-state index contributed by atoms with van der Waals surface area (Å²) in [6.07, 6.45) is 3.79. The van der Waals surface area contributed by atoms with Crippen molar-refractivity contribution in [2.24, 2.45) is 0 Å². The van der Waals surface area contributed by atoms with Crippen LogP contribution in [0.3, 0.4) is 0 Å². The van der Waals surface area contributed by atoms with E-state index in [0.29, 0.717) is 19.1 Å². The molecule has 0 spiro atoms. The zero-order chi connectivity index (χ0) is 13.3. The van der Waals surface area contributed by atoms with Crippen molar-refractivity contribution in [3.63, 3.8) is 0 Å². The summed E-state index contributed by atoms with van der Waals surface area (Å²) >= 11 is 0. The third-order valence-corrected chi connectivity index (χ3v) is 3.28. The van der Waals surface area contributed by atoms with Crippen LogP contribution in [0.5, 0.6) is 0 Å². The number of aromatic nitrogens is 3. The lowest BCUT2D eigenvalue weighted by Gasteiger charge is -2.31. The highest BCUT2D eigenvalue weighted by Crippen LogP contribution is 2.35. The smallest absolute Gasteiger partial charge is 0.225 e. The van der Waals surface area contributed by atoms with E-state index in [9.17, 15) is 0 Å². The summed E-state index contributed by atoms with van der Waals surface area (Å²) in [4.78, 5) is 11.8. The summed E-state index contributed by atoms with van der Waals surface area (Å²) in [6.45, 7) is 5.14. The van der Waals surface area contributed by atoms with Gasteiger partial charge in [0, 0.05) is 13.2 Å². The van der Waals surface area contributed by atoms with Gasteiger partial charge in [-0.1, -0.05) is 0 Å². The lowest BCUT2D eigenvalue weighted by molar-refractivity contribution is -0.152. The molecule has 2 aliphatic rings. The van der Waals surface area contributed by atoms with Crippen molar-refractivity contribution in [2.45, 2.75) is 44.4 Å². The Labute approximate surface area is 111 Å². The van der Waals surface area contributed by atoms with E-state index in [1.54, 1.807) is 0 Å².